The fourth-order valence-corrected chi connectivity index (χ4v) is 3.06. The zero-order valence-corrected chi connectivity index (χ0v) is 12.6. The Morgan fingerprint density at radius 3 is 2.73 bits per heavy atom. The number of carbonyl (C=O) groups is 1. The van der Waals surface area contributed by atoms with Crippen LogP contribution in [0.5, 0.6) is 0 Å². The minimum Gasteiger partial charge on any atom is -0.325 e. The molecule has 0 fully saturated rings. The Balaban J connectivity index is 1.61. The van der Waals surface area contributed by atoms with E-state index in [4.69, 9.17) is 0 Å². The maximum absolute atomic E-state index is 12.9. The summed E-state index contributed by atoms with van der Waals surface area (Å²) in [7, 11) is 1.97. The summed E-state index contributed by atoms with van der Waals surface area (Å²) in [4.78, 5) is 14.2. The van der Waals surface area contributed by atoms with Gasteiger partial charge >= 0.3 is 0 Å². The lowest BCUT2D eigenvalue weighted by molar-refractivity contribution is -0.117. The van der Waals surface area contributed by atoms with Gasteiger partial charge in [-0.25, -0.2) is 4.39 Å². The molecule has 1 aliphatic carbocycles. The number of hydrogen-bond acceptors (Lipinski definition) is 2. The number of carbonyl (C=O) groups excluding carboxylic acids is 1. The van der Waals surface area contributed by atoms with E-state index in [2.05, 4.69) is 28.4 Å². The van der Waals surface area contributed by atoms with Gasteiger partial charge < -0.3 is 5.32 Å². The van der Waals surface area contributed by atoms with Crippen molar-refractivity contribution in [1.82, 2.24) is 4.90 Å². The molecule has 3 nitrogen and oxygen atoms in total. The standard InChI is InChI=1S/C18H19FN2O/c1-21(17-11-6-13-4-2-3-5-16(13)17)12-18(22)20-15-9-7-14(19)8-10-15/h2-5,7-10,17H,6,11-12H2,1H3,(H,20,22)/t17-/m1/s1. The molecule has 0 unspecified atom stereocenters. The van der Waals surface area contributed by atoms with Crippen molar-refractivity contribution in [3.05, 3.63) is 65.5 Å². The van der Waals surface area contributed by atoms with Crippen LogP contribution in [0.25, 0.3) is 0 Å². The summed E-state index contributed by atoms with van der Waals surface area (Å²) in [6, 6.07) is 14.5. The number of hydrogen-bond donors (Lipinski definition) is 1. The number of rotatable bonds is 4. The quantitative estimate of drug-likeness (QED) is 0.938. The first kappa shape index (κ1) is 14.7. The van der Waals surface area contributed by atoms with Gasteiger partial charge in [-0.05, 0) is 55.3 Å². The Bertz CT molecular complexity index is 669. The first-order chi connectivity index (χ1) is 10.6. The van der Waals surface area contributed by atoms with Crippen LogP contribution in [0, 0.1) is 5.82 Å². The molecule has 2 aromatic carbocycles. The fourth-order valence-electron chi connectivity index (χ4n) is 3.06. The Morgan fingerprint density at radius 1 is 1.23 bits per heavy atom. The van der Waals surface area contributed by atoms with E-state index in [9.17, 15) is 9.18 Å². The number of benzene rings is 2. The van der Waals surface area contributed by atoms with Crippen LogP contribution in [0.15, 0.2) is 48.5 Å². The molecule has 0 bridgehead atoms. The molecule has 1 aliphatic rings. The molecule has 0 saturated heterocycles. The van der Waals surface area contributed by atoms with Gasteiger partial charge in [0.15, 0.2) is 0 Å². The molecule has 0 radical (unpaired) electrons. The van der Waals surface area contributed by atoms with Gasteiger partial charge in [-0.3, -0.25) is 9.69 Å². The first-order valence-corrected chi connectivity index (χ1v) is 7.47. The van der Waals surface area contributed by atoms with Crippen LogP contribution < -0.4 is 5.32 Å². The zero-order valence-electron chi connectivity index (χ0n) is 12.6. The largest absolute Gasteiger partial charge is 0.325 e. The predicted octanol–water partition coefficient (Wildman–Crippen LogP) is 3.38. The van der Waals surface area contributed by atoms with E-state index in [-0.39, 0.29) is 17.8 Å². The van der Waals surface area contributed by atoms with E-state index in [0.29, 0.717) is 12.2 Å². The number of anilines is 1. The van der Waals surface area contributed by atoms with Gasteiger partial charge in [-0.2, -0.15) is 0 Å². The molecule has 22 heavy (non-hydrogen) atoms. The summed E-state index contributed by atoms with van der Waals surface area (Å²) in [5.74, 6) is -0.392. The highest BCUT2D eigenvalue weighted by atomic mass is 19.1. The maximum atomic E-state index is 12.9. The van der Waals surface area contributed by atoms with Crippen molar-refractivity contribution in [1.29, 1.82) is 0 Å². The molecule has 0 aromatic heterocycles. The Kier molecular flexibility index (Phi) is 4.20. The summed E-state index contributed by atoms with van der Waals surface area (Å²) >= 11 is 0. The summed E-state index contributed by atoms with van der Waals surface area (Å²) in [6.07, 6.45) is 2.10. The van der Waals surface area contributed by atoms with Gasteiger partial charge in [0.25, 0.3) is 0 Å². The molecule has 1 amide bonds. The van der Waals surface area contributed by atoms with Crippen LogP contribution in [0.3, 0.4) is 0 Å². The second-order valence-electron chi connectivity index (χ2n) is 5.72. The third-order valence-electron chi connectivity index (χ3n) is 4.15. The average molecular weight is 298 g/mol. The van der Waals surface area contributed by atoms with Gasteiger partial charge in [-0.1, -0.05) is 24.3 Å². The van der Waals surface area contributed by atoms with Crippen molar-refractivity contribution in [2.24, 2.45) is 0 Å². The molecular weight excluding hydrogens is 279 g/mol. The van der Waals surface area contributed by atoms with Crippen molar-refractivity contribution < 1.29 is 9.18 Å². The van der Waals surface area contributed by atoms with Gasteiger partial charge in [0.05, 0.1) is 6.54 Å². The minimum absolute atomic E-state index is 0.0847. The SMILES string of the molecule is CN(CC(=O)Nc1ccc(F)cc1)[C@@H]1CCc2ccccc21. The van der Waals surface area contributed by atoms with E-state index in [0.717, 1.165) is 12.8 Å². The molecule has 0 aliphatic heterocycles. The maximum Gasteiger partial charge on any atom is 0.238 e. The number of nitrogens with one attached hydrogen (secondary N) is 1. The van der Waals surface area contributed by atoms with E-state index in [1.54, 1.807) is 12.1 Å². The molecule has 4 heteroatoms. The van der Waals surface area contributed by atoms with Gasteiger partial charge in [0.2, 0.25) is 5.91 Å². The number of aryl methyl sites for hydroxylation is 1. The van der Waals surface area contributed by atoms with Crippen molar-refractivity contribution in [2.75, 3.05) is 18.9 Å². The monoisotopic (exact) mass is 298 g/mol. The lowest BCUT2D eigenvalue weighted by Crippen LogP contribution is -2.32. The minimum atomic E-state index is -0.308. The van der Waals surface area contributed by atoms with Crippen molar-refractivity contribution in [3.63, 3.8) is 0 Å². The third-order valence-corrected chi connectivity index (χ3v) is 4.15. The lowest BCUT2D eigenvalue weighted by atomic mass is 10.1. The molecule has 0 saturated carbocycles. The molecule has 0 heterocycles. The average Bonchev–Trinajstić information content (AvgIpc) is 2.93. The van der Waals surface area contributed by atoms with E-state index < -0.39 is 0 Å². The highest BCUT2D eigenvalue weighted by Gasteiger charge is 2.26. The van der Waals surface area contributed by atoms with Gasteiger partial charge in [-0.15, -0.1) is 0 Å². The topological polar surface area (TPSA) is 32.3 Å². The van der Waals surface area contributed by atoms with Crippen LogP contribution in [0.1, 0.15) is 23.6 Å². The van der Waals surface area contributed by atoms with Crippen molar-refractivity contribution in [2.45, 2.75) is 18.9 Å². The van der Waals surface area contributed by atoms with E-state index >= 15 is 0 Å². The van der Waals surface area contributed by atoms with E-state index in [1.807, 2.05) is 13.1 Å². The molecule has 1 N–H and O–H groups in total. The Labute approximate surface area is 129 Å². The summed E-state index contributed by atoms with van der Waals surface area (Å²) in [5.41, 5.74) is 3.31. The third kappa shape index (κ3) is 3.17. The molecule has 0 spiro atoms. The fraction of sp³-hybridized carbons (Fsp3) is 0.278. The van der Waals surface area contributed by atoms with Crippen LogP contribution in [0.2, 0.25) is 0 Å². The van der Waals surface area contributed by atoms with Crippen molar-refractivity contribution in [3.8, 4) is 0 Å². The number of halogens is 1. The summed E-state index contributed by atoms with van der Waals surface area (Å²) in [5, 5.41) is 2.80. The number of likely N-dealkylation sites (N-methyl/N-ethyl adjacent to an activating group) is 1. The summed E-state index contributed by atoms with van der Waals surface area (Å²) in [6.45, 7) is 0.316. The molecular formula is C18H19FN2O. The van der Waals surface area contributed by atoms with Gasteiger partial charge in [0, 0.05) is 11.7 Å². The van der Waals surface area contributed by atoms with Crippen molar-refractivity contribution >= 4 is 11.6 Å². The summed E-state index contributed by atoms with van der Waals surface area (Å²) < 4.78 is 12.9. The zero-order chi connectivity index (χ0) is 15.5. The van der Waals surface area contributed by atoms with Crippen LogP contribution in [0.4, 0.5) is 10.1 Å². The van der Waals surface area contributed by atoms with E-state index in [1.165, 1.54) is 23.3 Å². The number of amides is 1. The Hall–Kier alpha value is -2.20. The lowest BCUT2D eigenvalue weighted by Gasteiger charge is -2.24. The number of fused-ring (bicyclic) bond motifs is 1. The number of nitrogens with zero attached hydrogens (tertiary/aromatic N) is 1. The normalized spacial score (nSPS) is 16.6. The van der Waals surface area contributed by atoms with Crippen LogP contribution in [-0.4, -0.2) is 24.4 Å². The van der Waals surface area contributed by atoms with Crippen LogP contribution >= 0.6 is 0 Å². The molecule has 3 rings (SSSR count). The molecule has 1 atom stereocenters. The van der Waals surface area contributed by atoms with Gasteiger partial charge in [0.1, 0.15) is 5.82 Å². The predicted molar refractivity (Wildman–Crippen MR) is 85.2 cm³/mol. The smallest absolute Gasteiger partial charge is 0.238 e. The Morgan fingerprint density at radius 2 is 1.95 bits per heavy atom. The molecule has 2 aromatic rings. The highest BCUT2D eigenvalue weighted by Crippen LogP contribution is 2.34. The molecule has 114 valence electrons. The second kappa shape index (κ2) is 6.28. The second-order valence-corrected chi connectivity index (χ2v) is 5.72. The first-order valence-electron chi connectivity index (χ1n) is 7.47. The van der Waals surface area contributed by atoms with Crippen LogP contribution in [-0.2, 0) is 11.2 Å². The highest BCUT2D eigenvalue weighted by molar-refractivity contribution is 5.92.